The number of hydrogen-bond donors (Lipinski definition) is 3. The lowest BCUT2D eigenvalue weighted by molar-refractivity contribution is 0.262. The first-order valence-corrected chi connectivity index (χ1v) is 10.3. The molecule has 3 N–H and O–H groups in total. The Hall–Kier alpha value is -3.98. The number of hydrogen-bond acceptors (Lipinski definition) is 5. The maximum absolute atomic E-state index is 14.5. The molecule has 2 aromatic carbocycles. The summed E-state index contributed by atoms with van der Waals surface area (Å²) in [6, 6.07) is 10.2. The van der Waals surface area contributed by atoms with Crippen LogP contribution in [0.1, 0.15) is 5.56 Å². The van der Waals surface area contributed by atoms with E-state index in [9.17, 15) is 14.0 Å². The number of carbonyl (C=O) groups excluding carboxylic acids is 1. The zero-order valence-corrected chi connectivity index (χ0v) is 18.8. The van der Waals surface area contributed by atoms with E-state index in [1.165, 1.54) is 22.8 Å². The monoisotopic (exact) mass is 466 g/mol. The van der Waals surface area contributed by atoms with Crippen molar-refractivity contribution in [1.29, 1.82) is 0 Å². The molecule has 4 aromatic rings. The molecule has 8 nitrogen and oxygen atoms in total. The van der Waals surface area contributed by atoms with E-state index in [-0.39, 0.29) is 11.2 Å². The van der Waals surface area contributed by atoms with Gasteiger partial charge in [0.05, 0.1) is 5.69 Å². The van der Waals surface area contributed by atoms with Gasteiger partial charge in [-0.1, -0.05) is 23.7 Å². The van der Waals surface area contributed by atoms with Crippen LogP contribution in [-0.2, 0) is 7.05 Å². The van der Waals surface area contributed by atoms with E-state index < -0.39 is 11.8 Å². The fourth-order valence-corrected chi connectivity index (χ4v) is 3.56. The first kappa shape index (κ1) is 22.2. The van der Waals surface area contributed by atoms with Crippen LogP contribution in [0, 0.1) is 12.7 Å². The second-order valence-electron chi connectivity index (χ2n) is 7.33. The molecule has 0 saturated carbocycles. The largest absolute Gasteiger partial charge is 0.357 e. The highest BCUT2D eigenvalue weighted by molar-refractivity contribution is 6.31. The molecular formula is C23H20ClFN6O2. The predicted molar refractivity (Wildman–Crippen MR) is 129 cm³/mol. The average Bonchev–Trinajstić information content (AvgIpc) is 2.80. The van der Waals surface area contributed by atoms with Gasteiger partial charge < -0.3 is 16.0 Å². The molecule has 2 amide bonds. The normalized spacial score (nSPS) is 10.8. The van der Waals surface area contributed by atoms with E-state index in [2.05, 4.69) is 25.9 Å². The van der Waals surface area contributed by atoms with Crippen molar-refractivity contribution in [3.63, 3.8) is 0 Å². The highest BCUT2D eigenvalue weighted by atomic mass is 35.5. The highest BCUT2D eigenvalue weighted by Gasteiger charge is 2.15. The standard InChI is InChI=1S/C23H20ClFN6O2/c1-12-16(24)5-4-6-18(12)28-23(33)29-19-10-13(7-8-17(19)25)15-9-14-11-27-22(26-2)30-20(14)31(3)21(15)32/h4-11H,1-3H3,(H,26,27,30)(H2,28,29,33). The molecule has 0 spiro atoms. The number of fused-ring (bicyclic) bond motifs is 1. The fraction of sp³-hybridized carbons (Fsp3) is 0.130. The Morgan fingerprint density at radius 2 is 1.88 bits per heavy atom. The third-order valence-corrected chi connectivity index (χ3v) is 5.62. The fourth-order valence-electron chi connectivity index (χ4n) is 3.38. The molecule has 0 aliphatic heterocycles. The predicted octanol–water partition coefficient (Wildman–Crippen LogP) is 4.78. The molecule has 10 heteroatoms. The van der Waals surface area contributed by atoms with Crippen molar-refractivity contribution in [2.75, 3.05) is 23.0 Å². The lowest BCUT2D eigenvalue weighted by Crippen LogP contribution is -2.21. The molecule has 0 saturated heterocycles. The van der Waals surface area contributed by atoms with Crippen molar-refractivity contribution in [1.82, 2.24) is 14.5 Å². The number of urea groups is 1. The van der Waals surface area contributed by atoms with Crippen molar-refractivity contribution >= 4 is 46.0 Å². The number of nitrogens with zero attached hydrogens (tertiary/aromatic N) is 3. The van der Waals surface area contributed by atoms with Gasteiger partial charge in [0, 0.05) is 42.0 Å². The molecule has 4 rings (SSSR count). The Morgan fingerprint density at radius 1 is 1.12 bits per heavy atom. The molecule has 0 fully saturated rings. The van der Waals surface area contributed by atoms with Gasteiger partial charge in [0.15, 0.2) is 0 Å². The number of carbonyl (C=O) groups is 1. The number of halogens is 2. The zero-order chi connectivity index (χ0) is 23.7. The van der Waals surface area contributed by atoms with E-state index in [4.69, 9.17) is 11.6 Å². The van der Waals surface area contributed by atoms with Crippen molar-refractivity contribution in [2.24, 2.45) is 7.05 Å². The third kappa shape index (κ3) is 4.35. The summed E-state index contributed by atoms with van der Waals surface area (Å²) in [7, 11) is 3.29. The minimum Gasteiger partial charge on any atom is -0.357 e. The van der Waals surface area contributed by atoms with Gasteiger partial charge in [0.1, 0.15) is 11.5 Å². The van der Waals surface area contributed by atoms with Crippen LogP contribution in [0.3, 0.4) is 0 Å². The van der Waals surface area contributed by atoms with Gasteiger partial charge in [-0.05, 0) is 48.4 Å². The van der Waals surface area contributed by atoms with Crippen LogP contribution in [-0.4, -0.2) is 27.6 Å². The van der Waals surface area contributed by atoms with Gasteiger partial charge in [-0.25, -0.2) is 14.2 Å². The summed E-state index contributed by atoms with van der Waals surface area (Å²) in [6.07, 6.45) is 1.60. The maximum atomic E-state index is 14.5. The number of rotatable bonds is 4. The summed E-state index contributed by atoms with van der Waals surface area (Å²) < 4.78 is 15.9. The number of nitrogens with one attached hydrogen (secondary N) is 3. The van der Waals surface area contributed by atoms with Crippen molar-refractivity contribution < 1.29 is 9.18 Å². The molecule has 0 radical (unpaired) electrons. The topological polar surface area (TPSA) is 101 Å². The van der Waals surface area contributed by atoms with Gasteiger partial charge in [-0.2, -0.15) is 4.98 Å². The molecule has 2 aromatic heterocycles. The molecule has 0 aliphatic rings. The molecule has 0 atom stereocenters. The van der Waals surface area contributed by atoms with E-state index >= 15 is 0 Å². The number of anilines is 3. The third-order valence-electron chi connectivity index (χ3n) is 5.21. The number of aromatic nitrogens is 3. The van der Waals surface area contributed by atoms with Crippen LogP contribution >= 0.6 is 11.6 Å². The second-order valence-corrected chi connectivity index (χ2v) is 7.74. The lowest BCUT2D eigenvalue weighted by atomic mass is 10.1. The van der Waals surface area contributed by atoms with Gasteiger partial charge in [0.2, 0.25) is 5.95 Å². The maximum Gasteiger partial charge on any atom is 0.323 e. The Morgan fingerprint density at radius 3 is 2.64 bits per heavy atom. The average molecular weight is 467 g/mol. The van der Waals surface area contributed by atoms with Gasteiger partial charge in [-0.15, -0.1) is 0 Å². The number of benzene rings is 2. The molecule has 168 valence electrons. The molecule has 0 aliphatic carbocycles. The van der Waals surface area contributed by atoms with E-state index in [0.717, 1.165) is 0 Å². The van der Waals surface area contributed by atoms with Crippen LogP contribution in [0.25, 0.3) is 22.2 Å². The summed E-state index contributed by atoms with van der Waals surface area (Å²) in [5, 5.41) is 9.12. The van der Waals surface area contributed by atoms with Crippen LogP contribution < -0.4 is 21.5 Å². The van der Waals surface area contributed by atoms with Gasteiger partial charge in [-0.3, -0.25) is 9.36 Å². The summed E-state index contributed by atoms with van der Waals surface area (Å²) in [4.78, 5) is 34.0. The summed E-state index contributed by atoms with van der Waals surface area (Å²) >= 11 is 6.08. The van der Waals surface area contributed by atoms with Gasteiger partial charge >= 0.3 is 6.03 Å². The molecule has 0 bridgehead atoms. The molecule has 33 heavy (non-hydrogen) atoms. The Kier molecular flexibility index (Phi) is 5.97. The SMILES string of the molecule is CNc1ncc2cc(-c3ccc(F)c(NC(=O)Nc4cccc(Cl)c4C)c3)c(=O)n(C)c2n1. The second kappa shape index (κ2) is 8.87. The summed E-state index contributed by atoms with van der Waals surface area (Å²) in [5.74, 6) is -0.254. The lowest BCUT2D eigenvalue weighted by Gasteiger charge is -2.13. The number of pyridine rings is 1. The zero-order valence-electron chi connectivity index (χ0n) is 18.0. The summed E-state index contributed by atoms with van der Waals surface area (Å²) in [5.41, 5.74) is 2.01. The van der Waals surface area contributed by atoms with E-state index in [1.54, 1.807) is 51.5 Å². The van der Waals surface area contributed by atoms with Crippen molar-refractivity contribution in [3.05, 3.63) is 75.4 Å². The highest BCUT2D eigenvalue weighted by Crippen LogP contribution is 2.26. The Labute approximate surface area is 193 Å². The smallest absolute Gasteiger partial charge is 0.323 e. The van der Waals surface area contributed by atoms with Crippen LogP contribution in [0.5, 0.6) is 0 Å². The van der Waals surface area contributed by atoms with Crippen molar-refractivity contribution in [3.8, 4) is 11.1 Å². The van der Waals surface area contributed by atoms with Crippen LogP contribution in [0.15, 0.2) is 53.5 Å². The van der Waals surface area contributed by atoms with Gasteiger partial charge in [0.25, 0.3) is 5.56 Å². The number of aryl methyl sites for hydroxylation is 1. The van der Waals surface area contributed by atoms with Crippen molar-refractivity contribution in [2.45, 2.75) is 6.92 Å². The minimum atomic E-state index is -0.643. The van der Waals surface area contributed by atoms with Crippen LogP contribution in [0.4, 0.5) is 26.5 Å². The Bertz CT molecular complexity index is 1450. The summed E-state index contributed by atoms with van der Waals surface area (Å²) in [6.45, 7) is 1.76. The Balaban J connectivity index is 1.68. The molecule has 2 heterocycles. The van der Waals surface area contributed by atoms with E-state index in [0.29, 0.717) is 44.4 Å². The molecular weight excluding hydrogens is 447 g/mol. The minimum absolute atomic E-state index is 0.0754. The first-order chi connectivity index (χ1) is 15.8. The van der Waals surface area contributed by atoms with Crippen LogP contribution in [0.2, 0.25) is 5.02 Å². The quantitative estimate of drug-likeness (QED) is 0.401. The van der Waals surface area contributed by atoms with E-state index in [1.807, 2.05) is 0 Å². The number of amides is 2. The first-order valence-electron chi connectivity index (χ1n) is 9.96. The molecule has 0 unspecified atom stereocenters.